The number of hydrogen-bond acceptors (Lipinski definition) is 0. The van der Waals surface area contributed by atoms with Gasteiger partial charge in [0, 0.05) is 32.9 Å². The lowest BCUT2D eigenvalue weighted by Gasteiger charge is -2.20. The van der Waals surface area contributed by atoms with Gasteiger partial charge in [0.05, 0.1) is 22.1 Å². The molecule has 0 aliphatic carbocycles. The Bertz CT molecular complexity index is 4080. The van der Waals surface area contributed by atoms with E-state index in [9.17, 15) is 0 Å². The molecule has 2 heteroatoms. The molecule has 316 valence electrons. The molecular formula is C66H42N2. The number of rotatable bonds is 6. The van der Waals surface area contributed by atoms with Crippen LogP contribution in [0, 0.1) is 0 Å². The van der Waals surface area contributed by atoms with Crippen molar-refractivity contribution in [3.05, 3.63) is 255 Å². The molecule has 0 N–H and O–H groups in total. The highest BCUT2D eigenvalue weighted by atomic mass is 15.0. The van der Waals surface area contributed by atoms with Crippen LogP contribution < -0.4 is 0 Å². The van der Waals surface area contributed by atoms with E-state index in [0.717, 1.165) is 11.4 Å². The van der Waals surface area contributed by atoms with Crippen LogP contribution >= 0.6 is 0 Å². The summed E-state index contributed by atoms with van der Waals surface area (Å²) in [5.74, 6) is 0. The molecule has 2 heterocycles. The predicted octanol–water partition coefficient (Wildman–Crippen LogP) is 18.0. The van der Waals surface area contributed by atoms with Crippen molar-refractivity contribution in [3.63, 3.8) is 0 Å². The lowest BCUT2D eigenvalue weighted by Crippen LogP contribution is -1.94. The van der Waals surface area contributed by atoms with Gasteiger partial charge in [0.15, 0.2) is 0 Å². The summed E-state index contributed by atoms with van der Waals surface area (Å²) in [7, 11) is 0. The van der Waals surface area contributed by atoms with Crippen molar-refractivity contribution in [2.45, 2.75) is 0 Å². The molecular weight excluding hydrogens is 821 g/mol. The van der Waals surface area contributed by atoms with E-state index < -0.39 is 0 Å². The molecule has 0 radical (unpaired) electrons. The maximum atomic E-state index is 2.48. The first-order chi connectivity index (χ1) is 33.8. The van der Waals surface area contributed by atoms with Crippen molar-refractivity contribution in [2.24, 2.45) is 0 Å². The van der Waals surface area contributed by atoms with Crippen molar-refractivity contribution in [3.8, 4) is 55.9 Å². The second kappa shape index (κ2) is 15.3. The van der Waals surface area contributed by atoms with Crippen LogP contribution in [0.1, 0.15) is 0 Å². The van der Waals surface area contributed by atoms with E-state index >= 15 is 0 Å². The lowest BCUT2D eigenvalue weighted by atomic mass is 9.84. The van der Waals surface area contributed by atoms with Gasteiger partial charge in [0.1, 0.15) is 0 Å². The van der Waals surface area contributed by atoms with Crippen molar-refractivity contribution in [1.29, 1.82) is 0 Å². The summed E-state index contributed by atoms with van der Waals surface area (Å²) in [6, 6.07) is 94.0. The fourth-order valence-electron chi connectivity index (χ4n) is 11.3. The highest BCUT2D eigenvalue weighted by Crippen LogP contribution is 2.47. The second-order valence-corrected chi connectivity index (χ2v) is 18.0. The maximum Gasteiger partial charge on any atom is 0.0547 e. The molecule has 0 spiro atoms. The van der Waals surface area contributed by atoms with E-state index in [4.69, 9.17) is 0 Å². The predicted molar refractivity (Wildman–Crippen MR) is 289 cm³/mol. The maximum absolute atomic E-state index is 2.48. The molecule has 0 saturated carbocycles. The average molecular weight is 863 g/mol. The van der Waals surface area contributed by atoms with E-state index in [1.807, 2.05) is 0 Å². The Hall–Kier alpha value is -8.98. The molecule has 14 aromatic rings. The van der Waals surface area contributed by atoms with Crippen LogP contribution in [0.25, 0.3) is 132 Å². The van der Waals surface area contributed by atoms with Gasteiger partial charge in [-0.2, -0.15) is 0 Å². The minimum atomic E-state index is 1.15. The normalized spacial score (nSPS) is 11.8. The number of aromatic nitrogens is 2. The second-order valence-electron chi connectivity index (χ2n) is 18.0. The Morgan fingerprint density at radius 2 is 0.574 bits per heavy atom. The van der Waals surface area contributed by atoms with E-state index in [0.29, 0.717) is 0 Å². The van der Waals surface area contributed by atoms with E-state index in [2.05, 4.69) is 264 Å². The number of hydrogen-bond donors (Lipinski definition) is 0. The largest absolute Gasteiger partial charge is 0.309 e. The standard InChI is InChI=1S/C66H42N2/c1-4-18-43(19-5-1)50-38-39-59(52-25-11-10-24-51(50)52)66-57-30-16-28-48(44-34-36-55-53-26-12-14-32-62(53)67(64(55)40-44)46-20-6-2-7-21-46)60(57)42-61-49(29-17-31-58(61)66)45-35-37-56-54-27-13-15-33-63(54)68(65(56)41-45)47-22-8-3-9-23-47/h1-42H. The summed E-state index contributed by atoms with van der Waals surface area (Å²) in [5.41, 5.74) is 16.8. The van der Waals surface area contributed by atoms with Crippen LogP contribution in [0.5, 0.6) is 0 Å². The monoisotopic (exact) mass is 862 g/mol. The molecule has 12 aromatic carbocycles. The fraction of sp³-hybridized carbons (Fsp3) is 0. The third-order valence-corrected chi connectivity index (χ3v) is 14.3. The van der Waals surface area contributed by atoms with Gasteiger partial charge in [0.2, 0.25) is 0 Å². The summed E-state index contributed by atoms with van der Waals surface area (Å²) >= 11 is 0. The van der Waals surface area contributed by atoms with Crippen LogP contribution in [0.15, 0.2) is 255 Å². The van der Waals surface area contributed by atoms with E-state index in [-0.39, 0.29) is 0 Å². The molecule has 0 bridgehead atoms. The molecule has 0 aliphatic rings. The highest BCUT2D eigenvalue weighted by molar-refractivity contribution is 6.23. The van der Waals surface area contributed by atoms with Crippen molar-refractivity contribution < 1.29 is 0 Å². The Morgan fingerprint density at radius 3 is 1.09 bits per heavy atom. The fourth-order valence-corrected chi connectivity index (χ4v) is 11.3. The zero-order valence-corrected chi connectivity index (χ0v) is 37.1. The molecule has 0 atom stereocenters. The summed E-state index contributed by atoms with van der Waals surface area (Å²) < 4.78 is 4.84. The molecule has 68 heavy (non-hydrogen) atoms. The molecule has 0 unspecified atom stereocenters. The number of fused-ring (bicyclic) bond motifs is 9. The Labute approximate surface area is 393 Å². The number of nitrogens with zero attached hydrogens (tertiary/aromatic N) is 2. The zero-order chi connectivity index (χ0) is 44.7. The lowest BCUT2D eigenvalue weighted by molar-refractivity contribution is 1.18. The molecule has 0 fully saturated rings. The molecule has 2 nitrogen and oxygen atoms in total. The smallest absolute Gasteiger partial charge is 0.0547 e. The minimum absolute atomic E-state index is 1.15. The van der Waals surface area contributed by atoms with Gasteiger partial charge in [0.25, 0.3) is 0 Å². The van der Waals surface area contributed by atoms with Gasteiger partial charge in [-0.1, -0.05) is 200 Å². The summed E-state index contributed by atoms with van der Waals surface area (Å²) in [6.45, 7) is 0. The van der Waals surface area contributed by atoms with Gasteiger partial charge < -0.3 is 9.13 Å². The van der Waals surface area contributed by atoms with Crippen LogP contribution in [0.2, 0.25) is 0 Å². The summed E-state index contributed by atoms with van der Waals surface area (Å²) in [4.78, 5) is 0. The molecule has 14 rings (SSSR count). The first-order valence-corrected chi connectivity index (χ1v) is 23.5. The topological polar surface area (TPSA) is 9.86 Å². The SMILES string of the molecule is c1ccc(-c2ccc(-c3c4cccc(-c5ccc6c7ccccc7n(-c7ccccc7)c6c5)c4cc4c(-c5ccc6c7ccccc7n(-c7ccccc7)c6c5)cccc34)c3ccccc23)cc1. The third-order valence-electron chi connectivity index (χ3n) is 14.3. The highest BCUT2D eigenvalue weighted by Gasteiger charge is 2.21. The molecule has 0 amide bonds. The quantitative estimate of drug-likeness (QED) is 0.147. The van der Waals surface area contributed by atoms with Crippen LogP contribution in [0.3, 0.4) is 0 Å². The zero-order valence-electron chi connectivity index (χ0n) is 37.1. The Morgan fingerprint density at radius 1 is 0.191 bits per heavy atom. The number of benzene rings is 12. The van der Waals surface area contributed by atoms with Crippen LogP contribution in [-0.2, 0) is 0 Å². The summed E-state index contributed by atoms with van der Waals surface area (Å²) in [5, 5.41) is 12.4. The van der Waals surface area contributed by atoms with Gasteiger partial charge in [-0.25, -0.2) is 0 Å². The van der Waals surface area contributed by atoms with Gasteiger partial charge in [-0.3, -0.25) is 0 Å². The Kier molecular flexibility index (Phi) is 8.62. The van der Waals surface area contributed by atoms with Gasteiger partial charge >= 0.3 is 0 Å². The first kappa shape index (κ1) is 38.3. The molecule has 2 aromatic heterocycles. The van der Waals surface area contributed by atoms with E-state index in [1.165, 1.54) is 120 Å². The average Bonchev–Trinajstić information content (AvgIpc) is 3.92. The Balaban J connectivity index is 1.08. The van der Waals surface area contributed by atoms with Gasteiger partial charge in [-0.15, -0.1) is 0 Å². The van der Waals surface area contributed by atoms with Crippen molar-refractivity contribution in [2.75, 3.05) is 0 Å². The van der Waals surface area contributed by atoms with Crippen molar-refractivity contribution >= 4 is 75.9 Å². The first-order valence-electron chi connectivity index (χ1n) is 23.5. The van der Waals surface area contributed by atoms with Crippen LogP contribution in [0.4, 0.5) is 0 Å². The minimum Gasteiger partial charge on any atom is -0.309 e. The van der Waals surface area contributed by atoms with E-state index in [1.54, 1.807) is 0 Å². The summed E-state index contributed by atoms with van der Waals surface area (Å²) in [6.07, 6.45) is 0. The van der Waals surface area contributed by atoms with Crippen LogP contribution in [-0.4, -0.2) is 9.13 Å². The molecule has 0 aliphatic heterocycles. The number of para-hydroxylation sites is 4. The molecule has 0 saturated heterocycles. The third kappa shape index (κ3) is 5.84. The van der Waals surface area contributed by atoms with Gasteiger partial charge in [-0.05, 0) is 131 Å². The van der Waals surface area contributed by atoms with Crippen molar-refractivity contribution in [1.82, 2.24) is 9.13 Å².